The Morgan fingerprint density at radius 1 is 1.33 bits per heavy atom. The molecule has 2 fully saturated rings. The lowest BCUT2D eigenvalue weighted by Crippen LogP contribution is -2.53. The van der Waals surface area contributed by atoms with Crippen LogP contribution in [-0.4, -0.2) is 73.5 Å². The molecular weight excluding hydrogens is 296 g/mol. The van der Waals surface area contributed by atoms with Crippen molar-refractivity contribution >= 4 is 21.8 Å². The molecule has 120 valence electrons. The zero-order chi connectivity index (χ0) is 15.8. The van der Waals surface area contributed by atoms with Gasteiger partial charge >= 0.3 is 6.09 Å². The van der Waals surface area contributed by atoms with Crippen LogP contribution >= 0.6 is 0 Å². The van der Waals surface area contributed by atoms with Gasteiger partial charge in [-0.25, -0.2) is 13.2 Å². The van der Waals surface area contributed by atoms with Gasteiger partial charge in [0.2, 0.25) is 5.91 Å². The summed E-state index contributed by atoms with van der Waals surface area (Å²) in [7, 11) is -3.30. The van der Waals surface area contributed by atoms with Crippen LogP contribution in [0.1, 0.15) is 26.7 Å². The molecule has 7 nitrogen and oxygen atoms in total. The van der Waals surface area contributed by atoms with Crippen LogP contribution in [0, 0.1) is 0 Å². The minimum atomic E-state index is -3.30. The first-order valence-corrected chi connectivity index (χ1v) is 9.08. The van der Waals surface area contributed by atoms with Crippen molar-refractivity contribution in [3.05, 3.63) is 0 Å². The molecule has 0 saturated carbocycles. The maximum absolute atomic E-state index is 11.9. The highest BCUT2D eigenvalue weighted by Gasteiger charge is 2.44. The lowest BCUT2D eigenvalue weighted by Gasteiger charge is -2.40. The van der Waals surface area contributed by atoms with Gasteiger partial charge in [0, 0.05) is 25.4 Å². The number of ether oxygens (including phenoxy) is 1. The first kappa shape index (κ1) is 16.1. The number of cyclic esters (lactones) is 1. The van der Waals surface area contributed by atoms with Crippen LogP contribution in [-0.2, 0) is 19.4 Å². The van der Waals surface area contributed by atoms with E-state index in [0.717, 1.165) is 6.26 Å². The third-order valence-electron chi connectivity index (χ3n) is 3.97. The quantitative estimate of drug-likeness (QED) is 0.745. The van der Waals surface area contributed by atoms with Crippen LogP contribution < -0.4 is 0 Å². The van der Waals surface area contributed by atoms with Crippen LogP contribution in [0.25, 0.3) is 0 Å². The zero-order valence-electron chi connectivity index (χ0n) is 12.7. The number of carbonyl (C=O) groups excluding carboxylic acids is 2. The highest BCUT2D eigenvalue weighted by molar-refractivity contribution is 7.91. The molecular formula is C13H22N2O5S. The number of nitrogens with zero attached hydrogens (tertiary/aromatic N) is 2. The Bertz CT molecular complexity index is 535. The normalized spacial score (nSPS) is 23.3. The number of likely N-dealkylation sites (tertiary alicyclic amines) is 1. The van der Waals surface area contributed by atoms with Gasteiger partial charge in [0.1, 0.15) is 12.4 Å². The van der Waals surface area contributed by atoms with Crippen LogP contribution in [0.5, 0.6) is 0 Å². The van der Waals surface area contributed by atoms with Crippen molar-refractivity contribution in [3.8, 4) is 0 Å². The third kappa shape index (κ3) is 3.66. The third-order valence-corrected chi connectivity index (χ3v) is 4.74. The Hall–Kier alpha value is -1.31. The minimum absolute atomic E-state index is 0.0392. The molecule has 0 bridgehead atoms. The van der Waals surface area contributed by atoms with E-state index in [1.54, 1.807) is 9.80 Å². The summed E-state index contributed by atoms with van der Waals surface area (Å²) in [5.41, 5.74) is -0.333. The standard InChI is InChI=1S/C13H22N2O5S/c1-13(2)9-20-12(17)15(13)10-4-6-14(7-5-10)11(16)8-21(3,18)19/h10H,4-9H2,1-3H3. The molecule has 2 rings (SSSR count). The van der Waals surface area contributed by atoms with E-state index >= 15 is 0 Å². The van der Waals surface area contributed by atoms with Gasteiger partial charge in [0.25, 0.3) is 0 Å². The fourth-order valence-corrected chi connectivity index (χ4v) is 3.59. The second-order valence-electron chi connectivity index (χ2n) is 6.42. The molecule has 21 heavy (non-hydrogen) atoms. The highest BCUT2D eigenvalue weighted by Crippen LogP contribution is 2.30. The Morgan fingerprint density at radius 3 is 2.33 bits per heavy atom. The van der Waals surface area contributed by atoms with Crippen molar-refractivity contribution in [2.24, 2.45) is 0 Å². The van der Waals surface area contributed by atoms with E-state index < -0.39 is 15.6 Å². The smallest absolute Gasteiger partial charge is 0.410 e. The summed E-state index contributed by atoms with van der Waals surface area (Å²) in [4.78, 5) is 27.0. The van der Waals surface area contributed by atoms with Crippen molar-refractivity contribution < 1.29 is 22.7 Å². The van der Waals surface area contributed by atoms with Crippen LogP contribution in [0.2, 0.25) is 0 Å². The maximum atomic E-state index is 11.9. The second kappa shape index (κ2) is 5.47. The van der Waals surface area contributed by atoms with Crippen LogP contribution in [0.15, 0.2) is 0 Å². The lowest BCUT2D eigenvalue weighted by atomic mass is 9.97. The predicted octanol–water partition coefficient (Wildman–Crippen LogP) is 0.253. The van der Waals surface area contributed by atoms with Crippen LogP contribution in [0.4, 0.5) is 4.79 Å². The van der Waals surface area contributed by atoms with Gasteiger partial charge in [-0.15, -0.1) is 0 Å². The molecule has 2 heterocycles. The molecule has 0 atom stereocenters. The predicted molar refractivity (Wildman–Crippen MR) is 76.6 cm³/mol. The molecule has 2 aliphatic rings. The van der Waals surface area contributed by atoms with Gasteiger partial charge in [-0.1, -0.05) is 0 Å². The Morgan fingerprint density at radius 2 is 1.90 bits per heavy atom. The molecule has 2 aliphatic heterocycles. The second-order valence-corrected chi connectivity index (χ2v) is 8.56. The number of hydrogen-bond acceptors (Lipinski definition) is 5. The van der Waals surface area contributed by atoms with E-state index in [1.807, 2.05) is 13.8 Å². The van der Waals surface area contributed by atoms with E-state index in [0.29, 0.717) is 32.5 Å². The highest BCUT2D eigenvalue weighted by atomic mass is 32.2. The van der Waals surface area contributed by atoms with Crippen molar-refractivity contribution in [1.29, 1.82) is 0 Å². The molecule has 0 unspecified atom stereocenters. The summed E-state index contributed by atoms with van der Waals surface area (Å²) < 4.78 is 27.4. The number of carbonyl (C=O) groups is 2. The summed E-state index contributed by atoms with van der Waals surface area (Å²) in [6, 6.07) is 0.0392. The van der Waals surface area contributed by atoms with E-state index in [-0.39, 0.29) is 23.6 Å². The van der Waals surface area contributed by atoms with Gasteiger partial charge in [-0.3, -0.25) is 9.69 Å². The molecule has 0 aromatic rings. The topological polar surface area (TPSA) is 84.0 Å². The summed E-state index contributed by atoms with van der Waals surface area (Å²) in [5, 5.41) is 0. The van der Waals surface area contributed by atoms with Gasteiger partial charge in [0.15, 0.2) is 9.84 Å². The molecule has 0 aliphatic carbocycles. The zero-order valence-corrected chi connectivity index (χ0v) is 13.5. The number of piperidine rings is 1. The molecule has 2 saturated heterocycles. The Balaban J connectivity index is 1.94. The number of rotatable bonds is 3. The van der Waals surface area contributed by atoms with Crippen molar-refractivity contribution in [2.45, 2.75) is 38.3 Å². The summed E-state index contributed by atoms with van der Waals surface area (Å²) in [5.74, 6) is -0.811. The number of sulfone groups is 1. The summed E-state index contributed by atoms with van der Waals surface area (Å²) in [6.45, 7) is 5.23. The molecule has 2 amide bonds. The molecule has 0 spiro atoms. The maximum Gasteiger partial charge on any atom is 0.410 e. The fraction of sp³-hybridized carbons (Fsp3) is 0.846. The summed E-state index contributed by atoms with van der Waals surface area (Å²) in [6.07, 6.45) is 2.04. The minimum Gasteiger partial charge on any atom is -0.447 e. The fourth-order valence-electron chi connectivity index (χ4n) is 2.96. The van der Waals surface area contributed by atoms with E-state index in [1.165, 1.54) is 0 Å². The van der Waals surface area contributed by atoms with Crippen molar-refractivity contribution in [1.82, 2.24) is 9.80 Å². The molecule has 0 radical (unpaired) electrons. The van der Waals surface area contributed by atoms with E-state index in [4.69, 9.17) is 4.74 Å². The van der Waals surface area contributed by atoms with Gasteiger partial charge in [-0.05, 0) is 26.7 Å². The SMILES string of the molecule is CC1(C)COC(=O)N1C1CCN(C(=O)CS(C)(=O)=O)CC1. The number of hydrogen-bond donors (Lipinski definition) is 0. The van der Waals surface area contributed by atoms with Crippen LogP contribution in [0.3, 0.4) is 0 Å². The van der Waals surface area contributed by atoms with Gasteiger partial charge in [-0.2, -0.15) is 0 Å². The molecule has 0 N–H and O–H groups in total. The first-order valence-electron chi connectivity index (χ1n) is 7.02. The lowest BCUT2D eigenvalue weighted by molar-refractivity contribution is -0.129. The Labute approximate surface area is 125 Å². The molecule has 0 aromatic heterocycles. The van der Waals surface area contributed by atoms with Crippen molar-refractivity contribution in [2.75, 3.05) is 31.7 Å². The van der Waals surface area contributed by atoms with Gasteiger partial charge < -0.3 is 9.64 Å². The van der Waals surface area contributed by atoms with E-state index in [9.17, 15) is 18.0 Å². The average molecular weight is 318 g/mol. The number of amides is 2. The van der Waals surface area contributed by atoms with Crippen molar-refractivity contribution in [3.63, 3.8) is 0 Å². The van der Waals surface area contributed by atoms with E-state index in [2.05, 4.69) is 0 Å². The first-order chi connectivity index (χ1) is 9.60. The summed E-state index contributed by atoms with van der Waals surface area (Å²) >= 11 is 0. The molecule has 0 aromatic carbocycles. The van der Waals surface area contributed by atoms with Gasteiger partial charge in [0.05, 0.1) is 5.54 Å². The Kier molecular flexibility index (Phi) is 4.19. The largest absolute Gasteiger partial charge is 0.447 e. The molecule has 8 heteroatoms. The monoisotopic (exact) mass is 318 g/mol. The average Bonchev–Trinajstić information content (AvgIpc) is 2.61.